The van der Waals surface area contributed by atoms with Gasteiger partial charge in [-0.15, -0.1) is 0 Å². The molecule has 0 fully saturated rings. The Morgan fingerprint density at radius 2 is 1.03 bits per heavy atom. The van der Waals surface area contributed by atoms with Crippen molar-refractivity contribution in [1.82, 2.24) is 0 Å². The van der Waals surface area contributed by atoms with Crippen molar-refractivity contribution in [2.24, 2.45) is 5.41 Å². The standard InChI is InChI=1S/C13H7F13O3S.Na/c14-9(15,10(16,17)13(24,25)26)8(11(18,19)20,12(21,22)23)6-29-30(27,28)7-4-2-1-3-5-7;/h1-5H,6H2;. The molecule has 0 bridgehead atoms. The molecule has 0 heterocycles. The fourth-order valence-electron chi connectivity index (χ4n) is 2.04. The maximum Gasteiger partial charge on any atom is 0.459 e. The second-order valence-electron chi connectivity index (χ2n) is 5.58. The Kier molecular flexibility index (Phi) is 8.65. The molecule has 0 atom stereocenters. The number of benzene rings is 1. The van der Waals surface area contributed by atoms with Gasteiger partial charge in [0, 0.05) is 29.6 Å². The molecule has 3 nitrogen and oxygen atoms in total. The van der Waals surface area contributed by atoms with E-state index in [0.717, 1.165) is 18.2 Å². The van der Waals surface area contributed by atoms with Gasteiger partial charge in [0.25, 0.3) is 15.5 Å². The molecule has 0 N–H and O–H groups in total. The second-order valence-corrected chi connectivity index (χ2v) is 7.19. The average Bonchev–Trinajstić information content (AvgIpc) is 2.51. The normalized spacial score (nSPS) is 14.9. The molecule has 1 rings (SSSR count). The van der Waals surface area contributed by atoms with Crippen molar-refractivity contribution in [3.8, 4) is 0 Å². The molecule has 0 aliphatic carbocycles. The van der Waals surface area contributed by atoms with E-state index in [9.17, 15) is 65.5 Å². The molecule has 0 aliphatic rings. The molecule has 0 amide bonds. The Labute approximate surface area is 186 Å². The summed E-state index contributed by atoms with van der Waals surface area (Å²) in [7, 11) is -5.71. The summed E-state index contributed by atoms with van der Waals surface area (Å²) in [6.45, 7) is -3.85. The number of hydrogen-bond donors (Lipinski definition) is 0. The van der Waals surface area contributed by atoms with Crippen molar-refractivity contribution in [1.29, 1.82) is 0 Å². The molecule has 18 heteroatoms. The third-order valence-electron chi connectivity index (χ3n) is 3.72. The third-order valence-corrected chi connectivity index (χ3v) is 4.99. The number of alkyl halides is 13. The summed E-state index contributed by atoms with van der Waals surface area (Å²) in [4.78, 5) is -1.19. The summed E-state index contributed by atoms with van der Waals surface area (Å²) in [5.41, 5.74) is -7.26. The molecule has 1 radical (unpaired) electrons. The van der Waals surface area contributed by atoms with Gasteiger partial charge in [-0.1, -0.05) is 18.2 Å². The smallest absolute Gasteiger partial charge is 0.265 e. The Balaban J connectivity index is 0.00000900. The molecule has 0 saturated carbocycles. The van der Waals surface area contributed by atoms with E-state index in [4.69, 9.17) is 0 Å². The van der Waals surface area contributed by atoms with E-state index < -0.39 is 57.4 Å². The topological polar surface area (TPSA) is 43.4 Å². The van der Waals surface area contributed by atoms with Crippen LogP contribution in [-0.4, -0.2) is 75.0 Å². The van der Waals surface area contributed by atoms with Crippen molar-refractivity contribution >= 4 is 39.7 Å². The maximum atomic E-state index is 13.8. The minimum absolute atomic E-state index is 0. The third kappa shape index (κ3) is 5.09. The van der Waals surface area contributed by atoms with Gasteiger partial charge in [-0.3, -0.25) is 4.18 Å². The molecule has 0 aromatic heterocycles. The van der Waals surface area contributed by atoms with Crippen LogP contribution in [0.15, 0.2) is 35.2 Å². The van der Waals surface area contributed by atoms with Crippen LogP contribution < -0.4 is 0 Å². The molecule has 0 spiro atoms. The zero-order chi connectivity index (χ0) is 24.0. The van der Waals surface area contributed by atoms with Gasteiger partial charge in [-0.2, -0.15) is 65.5 Å². The van der Waals surface area contributed by atoms with Crippen LogP contribution in [-0.2, 0) is 14.3 Å². The molecule has 1 aromatic rings. The van der Waals surface area contributed by atoms with E-state index in [0.29, 0.717) is 12.1 Å². The van der Waals surface area contributed by atoms with Crippen LogP contribution in [0.3, 0.4) is 0 Å². The fraction of sp³-hybridized carbons (Fsp3) is 0.538. The van der Waals surface area contributed by atoms with Crippen LogP contribution in [0.2, 0.25) is 0 Å². The zero-order valence-electron chi connectivity index (χ0n) is 14.6. The van der Waals surface area contributed by atoms with Crippen LogP contribution in [0.4, 0.5) is 57.1 Å². The Morgan fingerprint density at radius 3 is 1.35 bits per heavy atom. The number of halogens is 13. The molecule has 175 valence electrons. The minimum Gasteiger partial charge on any atom is -0.265 e. The molecule has 0 saturated heterocycles. The van der Waals surface area contributed by atoms with Gasteiger partial charge < -0.3 is 0 Å². The van der Waals surface area contributed by atoms with Gasteiger partial charge in [0.1, 0.15) is 0 Å². The van der Waals surface area contributed by atoms with Crippen molar-refractivity contribution in [2.45, 2.75) is 35.3 Å². The Morgan fingerprint density at radius 1 is 0.645 bits per heavy atom. The SMILES string of the molecule is O=S(=O)(OCC(C(F)(F)F)(C(F)(F)F)C(F)(F)C(F)(F)C(F)(F)F)c1ccccc1.[Na]. The molecule has 31 heavy (non-hydrogen) atoms. The predicted molar refractivity (Wildman–Crippen MR) is 75.8 cm³/mol. The summed E-state index contributed by atoms with van der Waals surface area (Å²) < 4.78 is 196. The van der Waals surface area contributed by atoms with E-state index in [2.05, 4.69) is 4.18 Å². The fourth-order valence-corrected chi connectivity index (χ4v) is 3.00. The summed E-state index contributed by atoms with van der Waals surface area (Å²) in [6, 6.07) is 3.86. The summed E-state index contributed by atoms with van der Waals surface area (Å²) in [5, 5.41) is 0. The van der Waals surface area contributed by atoms with E-state index in [1.54, 1.807) is 0 Å². The van der Waals surface area contributed by atoms with Crippen LogP contribution in [0.25, 0.3) is 0 Å². The monoisotopic (exact) mass is 513 g/mol. The first-order valence-corrected chi connectivity index (χ1v) is 8.37. The predicted octanol–water partition coefficient (Wildman–Crippen LogP) is 4.96. The van der Waals surface area contributed by atoms with Gasteiger partial charge in [0.2, 0.25) is 0 Å². The first-order chi connectivity index (χ1) is 13.1. The van der Waals surface area contributed by atoms with Crippen molar-refractivity contribution < 1.29 is 69.7 Å². The maximum absolute atomic E-state index is 13.8. The molecular weight excluding hydrogens is 506 g/mol. The number of hydrogen-bond acceptors (Lipinski definition) is 3. The van der Waals surface area contributed by atoms with Gasteiger partial charge in [-0.25, -0.2) is 0 Å². The summed E-state index contributed by atoms with van der Waals surface area (Å²) in [5.74, 6) is -15.9. The molecule has 0 unspecified atom stereocenters. The van der Waals surface area contributed by atoms with Gasteiger partial charge >= 0.3 is 30.4 Å². The average molecular weight is 513 g/mol. The molecule has 0 aliphatic heterocycles. The van der Waals surface area contributed by atoms with Crippen LogP contribution in [0.5, 0.6) is 0 Å². The second kappa shape index (κ2) is 8.87. The Hall–Kier alpha value is -0.780. The number of rotatable bonds is 6. The van der Waals surface area contributed by atoms with Crippen molar-refractivity contribution in [2.75, 3.05) is 6.61 Å². The van der Waals surface area contributed by atoms with Crippen LogP contribution in [0.1, 0.15) is 0 Å². The first kappa shape index (κ1) is 30.2. The van der Waals surface area contributed by atoms with Crippen molar-refractivity contribution in [3.05, 3.63) is 30.3 Å². The molecule has 1 aromatic carbocycles. The van der Waals surface area contributed by atoms with E-state index in [1.807, 2.05) is 0 Å². The first-order valence-electron chi connectivity index (χ1n) is 6.96. The van der Waals surface area contributed by atoms with Gasteiger partial charge in [0.05, 0.1) is 11.5 Å². The van der Waals surface area contributed by atoms with Crippen LogP contribution in [0, 0.1) is 5.41 Å². The minimum atomic E-state index is -7.97. The molecular formula is C13H7F13NaO3S. The largest absolute Gasteiger partial charge is 0.459 e. The van der Waals surface area contributed by atoms with Crippen LogP contribution >= 0.6 is 0 Å². The quantitative estimate of drug-likeness (QED) is 0.307. The van der Waals surface area contributed by atoms with E-state index >= 15 is 0 Å². The zero-order valence-corrected chi connectivity index (χ0v) is 17.5. The van der Waals surface area contributed by atoms with Gasteiger partial charge in [-0.05, 0) is 12.1 Å². The van der Waals surface area contributed by atoms with E-state index in [-0.39, 0.29) is 29.6 Å². The Bertz CT molecular complexity index is 830. The van der Waals surface area contributed by atoms with Crippen molar-refractivity contribution in [3.63, 3.8) is 0 Å². The van der Waals surface area contributed by atoms with E-state index in [1.165, 1.54) is 0 Å². The van der Waals surface area contributed by atoms with Gasteiger partial charge in [0.15, 0.2) is 0 Å². The summed E-state index contributed by atoms with van der Waals surface area (Å²) in [6.07, 6.45) is -22.7. The summed E-state index contributed by atoms with van der Waals surface area (Å²) >= 11 is 0.